The van der Waals surface area contributed by atoms with E-state index in [4.69, 9.17) is 0 Å². The van der Waals surface area contributed by atoms with Gasteiger partial charge in [-0.15, -0.1) is 0 Å². The number of nitrogens with zero attached hydrogens (tertiary/aromatic N) is 3. The summed E-state index contributed by atoms with van der Waals surface area (Å²) in [6.07, 6.45) is 0.396. The van der Waals surface area contributed by atoms with Gasteiger partial charge in [-0.2, -0.15) is 0 Å². The summed E-state index contributed by atoms with van der Waals surface area (Å²) in [5.41, 5.74) is 1.01. The van der Waals surface area contributed by atoms with Gasteiger partial charge < -0.3 is 9.80 Å². The van der Waals surface area contributed by atoms with E-state index >= 15 is 0 Å². The molecule has 2 amide bonds. The van der Waals surface area contributed by atoms with E-state index in [1.165, 1.54) is 0 Å². The van der Waals surface area contributed by atoms with Crippen molar-refractivity contribution >= 4 is 11.8 Å². The van der Waals surface area contributed by atoms with Gasteiger partial charge in [-0.25, -0.2) is 0 Å². The number of amides is 2. The highest BCUT2D eigenvalue weighted by Gasteiger charge is 2.32. The monoisotopic (exact) mass is 289 g/mol. The normalized spacial score (nSPS) is 19.4. The molecule has 1 fully saturated rings. The number of hydrogen-bond acceptors (Lipinski definition) is 3. The average molecular weight is 289 g/mol. The number of hydrogen-bond donors (Lipinski definition) is 0. The molecule has 0 spiro atoms. The number of likely N-dealkylation sites (N-methyl/N-ethyl adjacent to an activating group) is 2. The molecule has 1 aliphatic heterocycles. The topological polar surface area (TPSA) is 43.9 Å². The molecule has 0 aromatic heterocycles. The Bertz CT molecular complexity index is 502. The van der Waals surface area contributed by atoms with Crippen molar-refractivity contribution in [2.24, 2.45) is 0 Å². The Labute approximate surface area is 126 Å². The van der Waals surface area contributed by atoms with Crippen LogP contribution in [0.15, 0.2) is 30.3 Å². The summed E-state index contributed by atoms with van der Waals surface area (Å²) >= 11 is 0. The van der Waals surface area contributed by atoms with Gasteiger partial charge in [-0.3, -0.25) is 14.5 Å². The molecule has 1 unspecified atom stereocenters. The minimum atomic E-state index is -0.242. The van der Waals surface area contributed by atoms with Gasteiger partial charge in [0.05, 0.1) is 6.42 Å². The standard InChI is InChI=1S/C16H23N3O2/c1-17(2)16(21)14-12-19(10-9-18(14)3)15(20)11-13-7-5-4-6-8-13/h4-8,14H,9-12H2,1-3H3. The summed E-state index contributed by atoms with van der Waals surface area (Å²) in [6, 6.07) is 9.48. The Balaban J connectivity index is 2.00. The second-order valence-electron chi connectivity index (χ2n) is 5.73. The molecule has 0 saturated carbocycles. The van der Waals surface area contributed by atoms with Crippen LogP contribution in [0.4, 0.5) is 0 Å². The van der Waals surface area contributed by atoms with Crippen LogP contribution in [0, 0.1) is 0 Å². The van der Waals surface area contributed by atoms with Gasteiger partial charge in [0.25, 0.3) is 0 Å². The zero-order chi connectivity index (χ0) is 15.4. The largest absolute Gasteiger partial charge is 0.347 e. The molecular formula is C16H23N3O2. The third kappa shape index (κ3) is 3.82. The molecule has 1 aromatic carbocycles. The van der Waals surface area contributed by atoms with E-state index in [1.807, 2.05) is 42.3 Å². The molecule has 2 rings (SSSR count). The van der Waals surface area contributed by atoms with Crippen molar-refractivity contribution in [1.29, 1.82) is 0 Å². The molecule has 0 radical (unpaired) electrons. The van der Waals surface area contributed by atoms with Crippen LogP contribution >= 0.6 is 0 Å². The van der Waals surface area contributed by atoms with Gasteiger partial charge in [-0.1, -0.05) is 30.3 Å². The predicted octanol–water partition coefficient (Wildman–Crippen LogP) is 0.460. The molecule has 0 aliphatic carbocycles. The first-order valence-electron chi connectivity index (χ1n) is 7.22. The van der Waals surface area contributed by atoms with Gasteiger partial charge in [-0.05, 0) is 12.6 Å². The Morgan fingerprint density at radius 3 is 2.48 bits per heavy atom. The molecule has 0 N–H and O–H groups in total. The van der Waals surface area contributed by atoms with Crippen molar-refractivity contribution < 1.29 is 9.59 Å². The third-order valence-electron chi connectivity index (χ3n) is 3.92. The molecule has 5 nitrogen and oxygen atoms in total. The highest BCUT2D eigenvalue weighted by molar-refractivity contribution is 5.84. The molecule has 1 aromatic rings. The lowest BCUT2D eigenvalue weighted by Crippen LogP contribution is -2.58. The first-order chi connectivity index (χ1) is 9.99. The first-order valence-corrected chi connectivity index (χ1v) is 7.22. The zero-order valence-electron chi connectivity index (χ0n) is 13.0. The minimum absolute atomic E-state index is 0.0507. The van der Waals surface area contributed by atoms with Crippen LogP contribution < -0.4 is 0 Å². The van der Waals surface area contributed by atoms with Crippen molar-refractivity contribution in [3.8, 4) is 0 Å². The molecule has 5 heteroatoms. The van der Waals surface area contributed by atoms with E-state index in [1.54, 1.807) is 23.9 Å². The van der Waals surface area contributed by atoms with E-state index in [9.17, 15) is 9.59 Å². The van der Waals surface area contributed by atoms with Crippen molar-refractivity contribution in [3.05, 3.63) is 35.9 Å². The first kappa shape index (κ1) is 15.5. The molecule has 1 atom stereocenters. The number of benzene rings is 1. The van der Waals surface area contributed by atoms with E-state index in [-0.39, 0.29) is 17.9 Å². The maximum atomic E-state index is 12.4. The number of rotatable bonds is 3. The molecular weight excluding hydrogens is 266 g/mol. The van der Waals surface area contributed by atoms with Gasteiger partial charge in [0.2, 0.25) is 11.8 Å². The molecule has 114 valence electrons. The predicted molar refractivity (Wildman–Crippen MR) is 81.8 cm³/mol. The number of carbonyl (C=O) groups excluding carboxylic acids is 2. The average Bonchev–Trinajstić information content (AvgIpc) is 2.47. The lowest BCUT2D eigenvalue weighted by molar-refractivity contribution is -0.141. The second-order valence-corrected chi connectivity index (χ2v) is 5.73. The van der Waals surface area contributed by atoms with Crippen LogP contribution in [0.1, 0.15) is 5.56 Å². The van der Waals surface area contributed by atoms with Crippen LogP contribution in [0.2, 0.25) is 0 Å². The number of carbonyl (C=O) groups is 2. The SMILES string of the molecule is CN(C)C(=O)C1CN(C(=O)Cc2ccccc2)CCN1C. The molecule has 1 saturated heterocycles. The van der Waals surface area contributed by atoms with Crippen molar-refractivity contribution in [3.63, 3.8) is 0 Å². The maximum absolute atomic E-state index is 12.4. The van der Waals surface area contributed by atoms with Crippen molar-refractivity contribution in [2.75, 3.05) is 40.8 Å². The van der Waals surface area contributed by atoms with Crippen molar-refractivity contribution in [2.45, 2.75) is 12.5 Å². The fourth-order valence-corrected chi connectivity index (χ4v) is 2.55. The lowest BCUT2D eigenvalue weighted by Gasteiger charge is -2.39. The fraction of sp³-hybridized carbons (Fsp3) is 0.500. The summed E-state index contributed by atoms with van der Waals surface area (Å²) in [6.45, 7) is 1.88. The minimum Gasteiger partial charge on any atom is -0.347 e. The zero-order valence-corrected chi connectivity index (χ0v) is 13.0. The Morgan fingerprint density at radius 1 is 1.19 bits per heavy atom. The van der Waals surface area contributed by atoms with Gasteiger partial charge in [0, 0.05) is 33.7 Å². The molecule has 21 heavy (non-hydrogen) atoms. The van der Waals surface area contributed by atoms with Crippen LogP contribution in [0.25, 0.3) is 0 Å². The van der Waals surface area contributed by atoms with Gasteiger partial charge in [0.1, 0.15) is 6.04 Å². The molecule has 1 aliphatic rings. The fourth-order valence-electron chi connectivity index (χ4n) is 2.55. The quantitative estimate of drug-likeness (QED) is 0.812. The maximum Gasteiger partial charge on any atom is 0.241 e. The molecule has 0 bridgehead atoms. The van der Waals surface area contributed by atoms with Crippen LogP contribution in [0.5, 0.6) is 0 Å². The number of piperazine rings is 1. The van der Waals surface area contributed by atoms with E-state index in [0.717, 1.165) is 12.1 Å². The van der Waals surface area contributed by atoms with Gasteiger partial charge >= 0.3 is 0 Å². The second kappa shape index (κ2) is 6.72. The summed E-state index contributed by atoms with van der Waals surface area (Å²) in [7, 11) is 5.44. The third-order valence-corrected chi connectivity index (χ3v) is 3.92. The highest BCUT2D eigenvalue weighted by Crippen LogP contribution is 2.12. The van der Waals surface area contributed by atoms with Crippen molar-refractivity contribution in [1.82, 2.24) is 14.7 Å². The van der Waals surface area contributed by atoms with Crippen LogP contribution in [-0.2, 0) is 16.0 Å². The van der Waals surface area contributed by atoms with Crippen LogP contribution in [-0.4, -0.2) is 73.3 Å². The van der Waals surface area contributed by atoms with E-state index in [0.29, 0.717) is 19.5 Å². The summed E-state index contributed by atoms with van der Waals surface area (Å²) in [5, 5.41) is 0. The summed E-state index contributed by atoms with van der Waals surface area (Å²) in [4.78, 5) is 30.0. The van der Waals surface area contributed by atoms with E-state index in [2.05, 4.69) is 0 Å². The van der Waals surface area contributed by atoms with E-state index < -0.39 is 0 Å². The smallest absolute Gasteiger partial charge is 0.241 e. The molecule has 1 heterocycles. The Morgan fingerprint density at radius 2 is 1.86 bits per heavy atom. The summed E-state index contributed by atoms with van der Waals surface area (Å²) in [5.74, 6) is 0.139. The van der Waals surface area contributed by atoms with Gasteiger partial charge in [0.15, 0.2) is 0 Å². The summed E-state index contributed by atoms with van der Waals surface area (Å²) < 4.78 is 0. The highest BCUT2D eigenvalue weighted by atomic mass is 16.2. The Hall–Kier alpha value is -1.88. The van der Waals surface area contributed by atoms with Crippen LogP contribution in [0.3, 0.4) is 0 Å². The lowest BCUT2D eigenvalue weighted by atomic mass is 10.1. The Kier molecular flexibility index (Phi) is 4.96.